The quantitative estimate of drug-likeness (QED) is 0.679. The molecule has 68 valence electrons. The van der Waals surface area contributed by atoms with Crippen molar-refractivity contribution in [1.29, 1.82) is 5.26 Å². The van der Waals surface area contributed by atoms with Gasteiger partial charge in [-0.05, 0) is 0 Å². The van der Waals surface area contributed by atoms with Gasteiger partial charge < -0.3 is 15.3 Å². The molecule has 0 unspecified atom stereocenters. The van der Waals surface area contributed by atoms with E-state index >= 15 is 0 Å². The van der Waals surface area contributed by atoms with E-state index < -0.39 is 17.2 Å². The maximum atomic E-state index is 11.2. The van der Waals surface area contributed by atoms with E-state index in [-0.39, 0.29) is 12.0 Å². The molecule has 3 N–H and O–H groups in total. The third-order valence-electron chi connectivity index (χ3n) is 1.58. The van der Waals surface area contributed by atoms with Crippen molar-refractivity contribution in [3.63, 3.8) is 0 Å². The Hall–Kier alpha value is -1.80. The lowest BCUT2D eigenvalue weighted by Crippen LogP contribution is -2.18. The third kappa shape index (κ3) is 1.86. The zero-order valence-electron chi connectivity index (χ0n) is 6.73. The van der Waals surface area contributed by atoms with Gasteiger partial charge >= 0.3 is 0 Å². The molecule has 0 fully saturated rings. The van der Waals surface area contributed by atoms with Crippen LogP contribution in [0.4, 0.5) is 0 Å². The average molecular weight is 180 g/mol. The molecule has 0 spiro atoms. The summed E-state index contributed by atoms with van der Waals surface area (Å²) in [5, 5.41) is 17.3. The molecule has 1 atom stereocenters. The molecular formula is C8H8N2O3. The maximum Gasteiger partial charge on any atom is 0.231 e. The van der Waals surface area contributed by atoms with E-state index in [0.717, 1.165) is 12.5 Å². The van der Waals surface area contributed by atoms with Crippen molar-refractivity contribution < 1.29 is 9.52 Å². The number of nitrogens with zero attached hydrogens (tertiary/aromatic N) is 1. The van der Waals surface area contributed by atoms with Gasteiger partial charge in [0.25, 0.3) is 0 Å². The molecule has 5 nitrogen and oxygen atoms in total. The fourth-order valence-corrected chi connectivity index (χ4v) is 0.891. The van der Waals surface area contributed by atoms with Crippen molar-refractivity contribution in [2.45, 2.75) is 12.5 Å². The van der Waals surface area contributed by atoms with Gasteiger partial charge in [-0.2, -0.15) is 5.26 Å². The molecule has 0 saturated carbocycles. The molecule has 1 aromatic rings. The van der Waals surface area contributed by atoms with Crippen LogP contribution in [0, 0.1) is 11.3 Å². The zero-order valence-corrected chi connectivity index (χ0v) is 6.73. The summed E-state index contributed by atoms with van der Waals surface area (Å²) in [7, 11) is 0. The molecule has 0 aliphatic heterocycles. The first-order valence-electron chi connectivity index (χ1n) is 3.58. The highest BCUT2D eigenvalue weighted by molar-refractivity contribution is 5.23. The second kappa shape index (κ2) is 3.74. The monoisotopic (exact) mass is 180 g/mol. The lowest BCUT2D eigenvalue weighted by atomic mass is 10.1. The van der Waals surface area contributed by atoms with Crippen molar-refractivity contribution in [2.75, 3.05) is 0 Å². The Morgan fingerprint density at radius 3 is 3.00 bits per heavy atom. The first-order valence-corrected chi connectivity index (χ1v) is 3.58. The summed E-state index contributed by atoms with van der Waals surface area (Å²) in [5.74, 6) is -0.495. The zero-order chi connectivity index (χ0) is 9.84. The van der Waals surface area contributed by atoms with E-state index in [9.17, 15) is 4.79 Å². The third-order valence-corrected chi connectivity index (χ3v) is 1.58. The Bertz CT molecular complexity index is 391. The fraction of sp³-hybridized carbons (Fsp3) is 0.250. The predicted octanol–water partition coefficient (Wildman–Crippen LogP) is 0.259. The lowest BCUT2D eigenvalue weighted by Gasteiger charge is -2.04. The van der Waals surface area contributed by atoms with Crippen LogP contribution in [0.25, 0.3) is 0 Å². The summed E-state index contributed by atoms with van der Waals surface area (Å²) in [4.78, 5) is 11.2. The largest absolute Gasteiger partial charge is 0.502 e. The highest BCUT2D eigenvalue weighted by Crippen LogP contribution is 2.11. The Balaban J connectivity index is 3.10. The summed E-state index contributed by atoms with van der Waals surface area (Å²) in [5.41, 5.74) is 5.01. The van der Waals surface area contributed by atoms with Gasteiger partial charge in [-0.25, -0.2) is 0 Å². The van der Waals surface area contributed by atoms with E-state index in [2.05, 4.69) is 4.42 Å². The van der Waals surface area contributed by atoms with Crippen LogP contribution in [0.1, 0.15) is 18.0 Å². The van der Waals surface area contributed by atoms with Crippen molar-refractivity contribution in [2.24, 2.45) is 5.73 Å². The van der Waals surface area contributed by atoms with Crippen molar-refractivity contribution in [1.82, 2.24) is 0 Å². The van der Waals surface area contributed by atoms with Crippen LogP contribution in [0.15, 0.2) is 21.7 Å². The van der Waals surface area contributed by atoms with Gasteiger partial charge in [0.2, 0.25) is 5.43 Å². The van der Waals surface area contributed by atoms with Crippen LogP contribution in [0.5, 0.6) is 5.75 Å². The fourth-order valence-electron chi connectivity index (χ4n) is 0.891. The van der Waals surface area contributed by atoms with Gasteiger partial charge in [-0.3, -0.25) is 4.79 Å². The van der Waals surface area contributed by atoms with Crippen LogP contribution in [-0.4, -0.2) is 5.11 Å². The Labute approximate surface area is 74.0 Å². The lowest BCUT2D eigenvalue weighted by molar-refractivity contribution is 0.422. The summed E-state index contributed by atoms with van der Waals surface area (Å²) >= 11 is 0. The van der Waals surface area contributed by atoms with E-state index in [0.29, 0.717) is 0 Å². The number of aromatic hydroxyl groups is 1. The van der Waals surface area contributed by atoms with Crippen LogP contribution in [0.3, 0.4) is 0 Å². The minimum Gasteiger partial charge on any atom is -0.502 e. The van der Waals surface area contributed by atoms with Crippen molar-refractivity contribution in [3.8, 4) is 11.8 Å². The van der Waals surface area contributed by atoms with E-state index in [1.54, 1.807) is 0 Å². The predicted molar refractivity (Wildman–Crippen MR) is 43.8 cm³/mol. The number of rotatable bonds is 2. The highest BCUT2D eigenvalue weighted by Gasteiger charge is 2.12. The first-order chi connectivity index (χ1) is 6.16. The normalized spacial score (nSPS) is 12.0. The minimum absolute atomic E-state index is 0.00815. The number of nitrogens with two attached hydrogens (primary N) is 1. The molecule has 5 heteroatoms. The van der Waals surface area contributed by atoms with Crippen molar-refractivity contribution in [3.05, 3.63) is 28.3 Å². The van der Waals surface area contributed by atoms with Gasteiger partial charge in [0.1, 0.15) is 6.26 Å². The smallest absolute Gasteiger partial charge is 0.231 e. The molecule has 0 radical (unpaired) electrons. The van der Waals surface area contributed by atoms with Crippen molar-refractivity contribution >= 4 is 0 Å². The molecule has 1 heterocycles. The molecule has 0 aliphatic rings. The molecule has 13 heavy (non-hydrogen) atoms. The number of hydrogen-bond donors (Lipinski definition) is 2. The summed E-state index contributed by atoms with van der Waals surface area (Å²) in [6.07, 6.45) is 2.07. The topological polar surface area (TPSA) is 100 Å². The Morgan fingerprint density at radius 1 is 1.69 bits per heavy atom. The SMILES string of the molecule is N#CC[C@H](N)c1cocc(O)c1=O. The van der Waals surface area contributed by atoms with E-state index in [1.165, 1.54) is 0 Å². The Morgan fingerprint density at radius 2 is 2.38 bits per heavy atom. The molecule has 0 amide bonds. The van der Waals surface area contributed by atoms with E-state index in [4.69, 9.17) is 16.1 Å². The van der Waals surface area contributed by atoms with Crippen LogP contribution in [-0.2, 0) is 0 Å². The number of nitriles is 1. The minimum atomic E-state index is -0.714. The van der Waals surface area contributed by atoms with E-state index in [1.807, 2.05) is 6.07 Å². The molecular weight excluding hydrogens is 172 g/mol. The summed E-state index contributed by atoms with van der Waals surface area (Å²) in [6, 6.07) is 1.11. The molecule has 0 saturated heterocycles. The second-order valence-corrected chi connectivity index (χ2v) is 2.51. The molecule has 0 aromatic carbocycles. The average Bonchev–Trinajstić information content (AvgIpc) is 2.10. The van der Waals surface area contributed by atoms with Gasteiger partial charge in [0.05, 0.1) is 24.3 Å². The first kappa shape index (κ1) is 9.29. The van der Waals surface area contributed by atoms with Gasteiger partial charge in [0.15, 0.2) is 5.75 Å². The molecule has 0 aliphatic carbocycles. The van der Waals surface area contributed by atoms with Crippen LogP contribution in [0.2, 0.25) is 0 Å². The summed E-state index contributed by atoms with van der Waals surface area (Å²) in [6.45, 7) is 0. The molecule has 1 rings (SSSR count). The van der Waals surface area contributed by atoms with Crippen LogP contribution >= 0.6 is 0 Å². The van der Waals surface area contributed by atoms with Gasteiger partial charge in [-0.15, -0.1) is 0 Å². The second-order valence-electron chi connectivity index (χ2n) is 2.51. The molecule has 0 bridgehead atoms. The summed E-state index contributed by atoms with van der Waals surface area (Å²) < 4.78 is 4.65. The number of hydrogen-bond acceptors (Lipinski definition) is 5. The van der Waals surface area contributed by atoms with Crippen LogP contribution < -0.4 is 11.2 Å². The van der Waals surface area contributed by atoms with Gasteiger partial charge in [0, 0.05) is 6.04 Å². The standard InChI is InChI=1S/C8H8N2O3/c9-2-1-6(10)5-3-13-4-7(11)8(5)12/h3-4,6,11H,1,10H2/t6-/m0/s1. The maximum absolute atomic E-state index is 11.2. The highest BCUT2D eigenvalue weighted by atomic mass is 16.3. The Kier molecular flexibility index (Phi) is 2.67. The molecule has 1 aromatic heterocycles. The van der Waals surface area contributed by atoms with Gasteiger partial charge in [-0.1, -0.05) is 0 Å².